The predicted molar refractivity (Wildman–Crippen MR) is 136 cm³/mol. The van der Waals surface area contributed by atoms with E-state index in [0.717, 1.165) is 57.0 Å². The van der Waals surface area contributed by atoms with Gasteiger partial charge in [-0.15, -0.1) is 0 Å². The van der Waals surface area contributed by atoms with Gasteiger partial charge in [-0.3, -0.25) is 19.2 Å². The average Bonchev–Trinajstić information content (AvgIpc) is 3.20. The fourth-order valence-corrected chi connectivity index (χ4v) is 5.84. The number of imide groups is 1. The number of carbonyl (C=O) groups is 6. The minimum absolute atomic E-state index is 0.232. The molecule has 0 bridgehead atoms. The molecule has 0 unspecified atom stereocenters. The van der Waals surface area contributed by atoms with E-state index in [1.807, 2.05) is 19.1 Å². The Morgan fingerprint density at radius 3 is 2.17 bits per heavy atom. The first-order valence-electron chi connectivity index (χ1n) is 12.3. The van der Waals surface area contributed by atoms with Gasteiger partial charge in [0.15, 0.2) is 12.2 Å². The van der Waals surface area contributed by atoms with Gasteiger partial charge in [-0.25, -0.2) is 14.5 Å². The summed E-state index contributed by atoms with van der Waals surface area (Å²) in [6.07, 6.45) is -6.84. The predicted octanol–water partition coefficient (Wildman–Crippen LogP) is 1.91. The molecule has 0 N–H and O–H groups in total. The van der Waals surface area contributed by atoms with Crippen molar-refractivity contribution in [1.29, 1.82) is 0 Å². The van der Waals surface area contributed by atoms with Crippen LogP contribution in [0.3, 0.4) is 0 Å². The van der Waals surface area contributed by atoms with E-state index in [1.165, 1.54) is 0 Å². The van der Waals surface area contributed by atoms with Gasteiger partial charge >= 0.3 is 30.0 Å². The number of rotatable bonds is 9. The van der Waals surface area contributed by atoms with Crippen LogP contribution in [0.5, 0.6) is 0 Å². The van der Waals surface area contributed by atoms with E-state index in [-0.39, 0.29) is 6.42 Å². The highest BCUT2D eigenvalue weighted by Gasteiger charge is 2.63. The number of nitrogens with zero attached hydrogens (tertiary/aromatic N) is 1. The summed E-state index contributed by atoms with van der Waals surface area (Å²) in [5, 5.41) is 0. The van der Waals surface area contributed by atoms with E-state index in [9.17, 15) is 28.8 Å². The number of carbonyl (C=O) groups excluding carboxylic acids is 6. The Kier molecular flexibility index (Phi) is 9.79. The topological polar surface area (TPSA) is 161 Å². The van der Waals surface area contributed by atoms with Gasteiger partial charge in [0.2, 0.25) is 10.8 Å². The van der Waals surface area contributed by atoms with Crippen molar-refractivity contribution in [2.24, 2.45) is 0 Å². The molecule has 0 aliphatic carbocycles. The normalized spacial score (nSPS) is 25.1. The Morgan fingerprint density at radius 2 is 1.65 bits per heavy atom. The molecule has 2 aliphatic heterocycles. The molecule has 2 amide bonds. The molecule has 218 valence electrons. The van der Waals surface area contributed by atoms with E-state index in [2.05, 4.69) is 0 Å². The summed E-state index contributed by atoms with van der Waals surface area (Å²) in [6.45, 7) is 5.76. The minimum atomic E-state index is -1.86. The Bertz CT molecular complexity index is 1170. The summed E-state index contributed by atoms with van der Waals surface area (Å²) in [6, 6.07) is 5.94. The number of amides is 2. The Morgan fingerprint density at radius 1 is 1.02 bits per heavy atom. The van der Waals surface area contributed by atoms with Crippen LogP contribution >= 0.6 is 11.8 Å². The fraction of sp³-hybridized carbons (Fsp3) is 0.538. The molecule has 6 atom stereocenters. The Labute approximate surface area is 234 Å². The maximum Gasteiger partial charge on any atom is 0.417 e. The van der Waals surface area contributed by atoms with E-state index < -0.39 is 77.9 Å². The smallest absolute Gasteiger partial charge is 0.417 e. The molecule has 2 saturated heterocycles. The van der Waals surface area contributed by atoms with Crippen molar-refractivity contribution in [3.63, 3.8) is 0 Å². The number of benzene rings is 1. The average molecular weight is 582 g/mol. The number of thioether (sulfide) groups is 1. The van der Waals surface area contributed by atoms with Crippen LogP contribution in [0, 0.1) is 6.92 Å². The highest BCUT2D eigenvalue weighted by atomic mass is 32.2. The van der Waals surface area contributed by atoms with Crippen molar-refractivity contribution < 1.29 is 57.2 Å². The summed E-state index contributed by atoms with van der Waals surface area (Å²) < 4.78 is 32.9. The van der Waals surface area contributed by atoms with Gasteiger partial charge in [0.05, 0.1) is 7.11 Å². The zero-order valence-electron chi connectivity index (χ0n) is 22.9. The van der Waals surface area contributed by atoms with Crippen molar-refractivity contribution in [3.05, 3.63) is 29.8 Å². The minimum Gasteiger partial charge on any atom is -0.466 e. The molecular formula is C26H31NO12S. The fourth-order valence-electron chi connectivity index (χ4n) is 4.61. The van der Waals surface area contributed by atoms with Crippen LogP contribution in [0.15, 0.2) is 29.2 Å². The van der Waals surface area contributed by atoms with Gasteiger partial charge < -0.3 is 28.4 Å². The van der Waals surface area contributed by atoms with Crippen molar-refractivity contribution in [1.82, 2.24) is 4.90 Å². The molecule has 2 aliphatic rings. The lowest BCUT2D eigenvalue weighted by Crippen LogP contribution is -2.65. The number of fused-ring (bicyclic) bond motifs is 1. The second kappa shape index (κ2) is 12.7. The third-order valence-electron chi connectivity index (χ3n) is 6.16. The number of esters is 4. The van der Waals surface area contributed by atoms with Crippen molar-refractivity contribution >= 4 is 47.6 Å². The van der Waals surface area contributed by atoms with Crippen LogP contribution in [-0.2, 0) is 52.4 Å². The zero-order valence-corrected chi connectivity index (χ0v) is 23.7. The summed E-state index contributed by atoms with van der Waals surface area (Å²) in [5.41, 5.74) is 0.963. The van der Waals surface area contributed by atoms with Crippen molar-refractivity contribution in [3.8, 4) is 0 Å². The molecule has 3 rings (SSSR count). The quantitative estimate of drug-likeness (QED) is 0.307. The standard InChI is InChI=1S/C26H31NO12S/c1-13-7-9-18(10-8-13)40-26(24(32)34-6)11-19-21(27(14(2)28)25(33)38-19)23(39-26)22(37-17(5)31)20(36-16(4)30)12-35-15(3)29/h7-10,19-23H,11-12H2,1-6H3/t19-,20+,21+,22+,23+,26-/m0/s1. The summed E-state index contributed by atoms with van der Waals surface area (Å²) in [7, 11) is 1.15. The van der Waals surface area contributed by atoms with E-state index in [0.29, 0.717) is 4.90 Å². The van der Waals surface area contributed by atoms with Crippen LogP contribution in [0.4, 0.5) is 4.79 Å². The molecule has 13 nitrogen and oxygen atoms in total. The van der Waals surface area contributed by atoms with Crippen LogP contribution < -0.4 is 0 Å². The molecule has 40 heavy (non-hydrogen) atoms. The van der Waals surface area contributed by atoms with Gasteiger partial charge in [0.1, 0.15) is 24.9 Å². The largest absolute Gasteiger partial charge is 0.466 e. The van der Waals surface area contributed by atoms with Gasteiger partial charge in [-0.05, 0) is 19.1 Å². The Balaban J connectivity index is 2.18. The highest BCUT2D eigenvalue weighted by molar-refractivity contribution is 8.01. The van der Waals surface area contributed by atoms with Gasteiger partial charge in [0, 0.05) is 39.0 Å². The maximum absolute atomic E-state index is 13.3. The molecule has 2 heterocycles. The second-order valence-corrected chi connectivity index (χ2v) is 10.6. The lowest BCUT2D eigenvalue weighted by atomic mass is 9.89. The second-order valence-electron chi connectivity index (χ2n) is 9.27. The van der Waals surface area contributed by atoms with Crippen LogP contribution in [0.1, 0.15) is 39.7 Å². The summed E-state index contributed by atoms with van der Waals surface area (Å²) in [4.78, 5) is 74.1. The van der Waals surface area contributed by atoms with Crippen LogP contribution in [0.25, 0.3) is 0 Å². The third-order valence-corrected chi connectivity index (χ3v) is 7.43. The number of ether oxygens (including phenoxy) is 6. The lowest BCUT2D eigenvalue weighted by molar-refractivity contribution is -0.219. The number of methoxy groups -OCH3 is 1. The van der Waals surface area contributed by atoms with Crippen LogP contribution in [0.2, 0.25) is 0 Å². The van der Waals surface area contributed by atoms with E-state index in [4.69, 9.17) is 28.4 Å². The molecule has 0 aromatic heterocycles. The SMILES string of the molecule is COC(=O)[C@@]1(Sc2ccc(C)cc2)C[C@@H]2OC(=O)N(C(C)=O)[C@H]2[C@H]([C@H](OC(C)=O)[C@@H](COC(C)=O)OC(C)=O)O1. The van der Waals surface area contributed by atoms with Gasteiger partial charge in [-0.1, -0.05) is 29.5 Å². The molecule has 1 aromatic rings. The first-order valence-corrected chi connectivity index (χ1v) is 13.1. The molecular weight excluding hydrogens is 550 g/mol. The maximum atomic E-state index is 13.3. The molecule has 1 aromatic carbocycles. The number of hydrogen-bond donors (Lipinski definition) is 0. The van der Waals surface area contributed by atoms with Crippen molar-refractivity contribution in [2.45, 2.75) is 81.3 Å². The number of hydrogen-bond acceptors (Lipinski definition) is 13. The Hall–Kier alpha value is -3.65. The van der Waals surface area contributed by atoms with Crippen LogP contribution in [-0.4, -0.2) is 89.9 Å². The van der Waals surface area contributed by atoms with E-state index in [1.54, 1.807) is 12.1 Å². The first-order chi connectivity index (χ1) is 18.8. The molecule has 14 heteroatoms. The van der Waals surface area contributed by atoms with Gasteiger partial charge in [0.25, 0.3) is 0 Å². The van der Waals surface area contributed by atoms with Gasteiger partial charge in [-0.2, -0.15) is 0 Å². The number of aryl methyl sites for hydroxylation is 1. The zero-order chi connectivity index (χ0) is 29.8. The molecule has 0 saturated carbocycles. The first kappa shape index (κ1) is 30.9. The monoisotopic (exact) mass is 581 g/mol. The van der Waals surface area contributed by atoms with Crippen molar-refractivity contribution in [2.75, 3.05) is 13.7 Å². The molecule has 0 radical (unpaired) electrons. The summed E-state index contributed by atoms with van der Waals surface area (Å²) in [5.74, 6) is -3.91. The summed E-state index contributed by atoms with van der Waals surface area (Å²) >= 11 is 0.972. The van der Waals surface area contributed by atoms with E-state index >= 15 is 0 Å². The third kappa shape index (κ3) is 6.91. The highest BCUT2D eigenvalue weighted by Crippen LogP contribution is 2.48. The lowest BCUT2D eigenvalue weighted by Gasteiger charge is -2.46. The molecule has 0 spiro atoms. The molecule has 2 fully saturated rings.